The van der Waals surface area contributed by atoms with Gasteiger partial charge in [-0.15, -0.1) is 0 Å². The normalized spacial score (nSPS) is 9.91. The zero-order valence-corrected chi connectivity index (χ0v) is 12.8. The van der Waals surface area contributed by atoms with Crippen molar-refractivity contribution in [3.8, 4) is 0 Å². The molecule has 1 aromatic carbocycles. The Labute approximate surface area is 136 Å². The topological polar surface area (TPSA) is 83.1 Å². The van der Waals surface area contributed by atoms with E-state index in [4.69, 9.17) is 23.2 Å². The lowest BCUT2D eigenvalue weighted by Gasteiger charge is -2.09. The van der Waals surface area contributed by atoms with Gasteiger partial charge in [0.2, 0.25) is 5.91 Å². The molecule has 114 valence electrons. The number of carbonyl (C=O) groups excluding carboxylic acids is 2. The first-order valence-corrected chi connectivity index (χ1v) is 7.01. The second-order valence-electron chi connectivity index (χ2n) is 4.20. The van der Waals surface area contributed by atoms with Gasteiger partial charge in [0.1, 0.15) is 0 Å². The highest BCUT2D eigenvalue weighted by Crippen LogP contribution is 2.17. The first kappa shape index (κ1) is 16.1. The van der Waals surface area contributed by atoms with Gasteiger partial charge < -0.3 is 16.0 Å². The molecule has 2 aromatic rings. The maximum Gasteiger partial charge on any atom is 0.319 e. The Kier molecular flexibility index (Phi) is 5.57. The van der Waals surface area contributed by atoms with Crippen LogP contribution in [0.3, 0.4) is 0 Å². The molecule has 0 atom stereocenters. The van der Waals surface area contributed by atoms with Crippen molar-refractivity contribution in [3.05, 3.63) is 52.8 Å². The molecular weight excluding hydrogens is 327 g/mol. The molecular formula is C14H12Cl2N4O2. The maximum absolute atomic E-state index is 11.7. The number of halogens is 2. The third-order valence-electron chi connectivity index (χ3n) is 2.54. The summed E-state index contributed by atoms with van der Waals surface area (Å²) >= 11 is 11.6. The minimum atomic E-state index is -0.554. The summed E-state index contributed by atoms with van der Waals surface area (Å²) in [5, 5.41) is 8.27. The molecule has 0 aliphatic carbocycles. The molecule has 2 rings (SSSR count). The Morgan fingerprint density at radius 2 is 1.77 bits per heavy atom. The summed E-state index contributed by atoms with van der Waals surface area (Å²) in [6.07, 6.45) is 1.50. The predicted octanol–water partition coefficient (Wildman–Crippen LogP) is 3.15. The number of aromatic nitrogens is 1. The number of nitrogens with one attached hydrogen (secondary N) is 3. The van der Waals surface area contributed by atoms with Crippen LogP contribution in [0.15, 0.2) is 42.6 Å². The summed E-state index contributed by atoms with van der Waals surface area (Å²) in [4.78, 5) is 27.2. The highest BCUT2D eigenvalue weighted by molar-refractivity contribution is 6.32. The van der Waals surface area contributed by atoms with E-state index in [2.05, 4.69) is 20.9 Å². The molecule has 8 heteroatoms. The smallest absolute Gasteiger partial charge is 0.319 e. The van der Waals surface area contributed by atoms with Crippen LogP contribution in [0.2, 0.25) is 10.2 Å². The van der Waals surface area contributed by atoms with Gasteiger partial charge in [0, 0.05) is 16.9 Å². The summed E-state index contributed by atoms with van der Waals surface area (Å²) < 4.78 is 0. The van der Waals surface area contributed by atoms with Gasteiger partial charge in [-0.05, 0) is 36.4 Å². The van der Waals surface area contributed by atoms with E-state index in [1.54, 1.807) is 36.4 Å². The second-order valence-corrected chi connectivity index (χ2v) is 5.00. The van der Waals surface area contributed by atoms with Gasteiger partial charge in [-0.3, -0.25) is 4.79 Å². The van der Waals surface area contributed by atoms with Gasteiger partial charge >= 0.3 is 6.03 Å². The molecule has 0 aliphatic heterocycles. The Balaban J connectivity index is 1.79. The van der Waals surface area contributed by atoms with E-state index in [0.29, 0.717) is 16.4 Å². The van der Waals surface area contributed by atoms with E-state index in [1.165, 1.54) is 6.20 Å². The van der Waals surface area contributed by atoms with Crippen LogP contribution >= 0.6 is 23.2 Å². The quantitative estimate of drug-likeness (QED) is 0.749. The van der Waals surface area contributed by atoms with Crippen LogP contribution in [-0.2, 0) is 4.79 Å². The number of pyridine rings is 1. The van der Waals surface area contributed by atoms with Gasteiger partial charge in [-0.1, -0.05) is 23.2 Å². The largest absolute Gasteiger partial charge is 0.329 e. The number of anilines is 2. The van der Waals surface area contributed by atoms with Crippen LogP contribution in [0.25, 0.3) is 0 Å². The summed E-state index contributed by atoms with van der Waals surface area (Å²) in [6.45, 7) is -0.188. The third kappa shape index (κ3) is 4.91. The number of amides is 3. The van der Waals surface area contributed by atoms with Crippen molar-refractivity contribution in [1.29, 1.82) is 0 Å². The van der Waals surface area contributed by atoms with Crippen molar-refractivity contribution in [3.63, 3.8) is 0 Å². The molecule has 0 fully saturated rings. The fourth-order valence-corrected chi connectivity index (χ4v) is 1.84. The molecule has 0 spiro atoms. The van der Waals surface area contributed by atoms with E-state index in [0.717, 1.165) is 0 Å². The van der Waals surface area contributed by atoms with E-state index < -0.39 is 6.03 Å². The third-order valence-corrected chi connectivity index (χ3v) is 3.10. The van der Waals surface area contributed by atoms with Crippen LogP contribution in [-0.4, -0.2) is 23.5 Å². The zero-order chi connectivity index (χ0) is 15.9. The van der Waals surface area contributed by atoms with E-state index in [1.807, 2.05) is 0 Å². The van der Waals surface area contributed by atoms with Crippen LogP contribution in [0.5, 0.6) is 0 Å². The minimum absolute atomic E-state index is 0.170. The second kappa shape index (κ2) is 7.63. The Morgan fingerprint density at radius 3 is 2.45 bits per heavy atom. The monoisotopic (exact) mass is 338 g/mol. The number of hydrogen-bond acceptors (Lipinski definition) is 3. The summed E-state index contributed by atoms with van der Waals surface area (Å²) in [6, 6.07) is 9.31. The van der Waals surface area contributed by atoms with Crippen LogP contribution in [0.4, 0.5) is 16.2 Å². The molecule has 0 radical (unpaired) electrons. The van der Waals surface area contributed by atoms with E-state index >= 15 is 0 Å². The molecule has 0 saturated heterocycles. The van der Waals surface area contributed by atoms with Crippen molar-refractivity contribution >= 4 is 46.5 Å². The fourth-order valence-electron chi connectivity index (χ4n) is 1.54. The fraction of sp³-hybridized carbons (Fsp3) is 0.0714. The average Bonchev–Trinajstić information content (AvgIpc) is 2.50. The molecule has 1 aromatic heterocycles. The molecule has 0 unspecified atom stereocenters. The number of urea groups is 1. The Bertz CT molecular complexity index is 677. The molecule has 3 N–H and O–H groups in total. The van der Waals surface area contributed by atoms with Crippen molar-refractivity contribution < 1.29 is 9.59 Å². The maximum atomic E-state index is 11.7. The molecule has 22 heavy (non-hydrogen) atoms. The van der Waals surface area contributed by atoms with Gasteiger partial charge in [0.05, 0.1) is 12.2 Å². The van der Waals surface area contributed by atoms with Crippen molar-refractivity contribution in [2.24, 2.45) is 0 Å². The number of hydrogen-bond donors (Lipinski definition) is 3. The lowest BCUT2D eigenvalue weighted by molar-refractivity contribution is -0.115. The van der Waals surface area contributed by atoms with Crippen LogP contribution in [0.1, 0.15) is 0 Å². The first-order chi connectivity index (χ1) is 10.5. The van der Waals surface area contributed by atoms with E-state index in [9.17, 15) is 9.59 Å². The molecule has 0 aliphatic rings. The number of nitrogens with zero attached hydrogens (tertiary/aromatic N) is 1. The highest BCUT2D eigenvalue weighted by Gasteiger charge is 2.08. The summed E-state index contributed by atoms with van der Waals surface area (Å²) in [5.74, 6) is -0.366. The van der Waals surface area contributed by atoms with Gasteiger partial charge in [-0.2, -0.15) is 0 Å². The predicted molar refractivity (Wildman–Crippen MR) is 86.4 cm³/mol. The van der Waals surface area contributed by atoms with Crippen molar-refractivity contribution in [2.45, 2.75) is 0 Å². The van der Waals surface area contributed by atoms with Crippen molar-refractivity contribution in [1.82, 2.24) is 10.3 Å². The van der Waals surface area contributed by atoms with Crippen LogP contribution < -0.4 is 16.0 Å². The SMILES string of the molecule is O=C(CNC(=O)Nc1cccnc1Cl)Nc1ccc(Cl)cc1. The molecule has 0 bridgehead atoms. The number of benzene rings is 1. The summed E-state index contributed by atoms with van der Waals surface area (Å²) in [5.41, 5.74) is 0.951. The average molecular weight is 339 g/mol. The van der Waals surface area contributed by atoms with Gasteiger partial charge in [0.15, 0.2) is 5.15 Å². The van der Waals surface area contributed by atoms with Crippen LogP contribution in [0, 0.1) is 0 Å². The summed E-state index contributed by atoms with van der Waals surface area (Å²) in [7, 11) is 0. The zero-order valence-electron chi connectivity index (χ0n) is 11.3. The van der Waals surface area contributed by atoms with Gasteiger partial charge in [0.25, 0.3) is 0 Å². The lowest BCUT2D eigenvalue weighted by Crippen LogP contribution is -2.35. The minimum Gasteiger partial charge on any atom is -0.329 e. The molecule has 1 heterocycles. The van der Waals surface area contributed by atoms with Gasteiger partial charge in [-0.25, -0.2) is 9.78 Å². The Morgan fingerprint density at radius 1 is 1.05 bits per heavy atom. The molecule has 3 amide bonds. The van der Waals surface area contributed by atoms with E-state index in [-0.39, 0.29) is 17.6 Å². The molecule has 6 nitrogen and oxygen atoms in total. The standard InChI is InChI=1S/C14H12Cl2N4O2/c15-9-3-5-10(6-4-9)19-12(21)8-18-14(22)20-11-2-1-7-17-13(11)16/h1-7H,8H2,(H,19,21)(H2,18,20,22). The van der Waals surface area contributed by atoms with Crippen molar-refractivity contribution in [2.75, 3.05) is 17.2 Å². The number of rotatable bonds is 4. The first-order valence-electron chi connectivity index (χ1n) is 6.25. The molecule has 0 saturated carbocycles. The highest BCUT2D eigenvalue weighted by atomic mass is 35.5. The number of carbonyl (C=O) groups is 2. The lowest BCUT2D eigenvalue weighted by atomic mass is 10.3. The Hall–Kier alpha value is -2.31.